The maximum Gasteiger partial charge on any atom is 0.271 e. The van der Waals surface area contributed by atoms with Gasteiger partial charge in [0, 0.05) is 10.0 Å². The minimum absolute atomic E-state index is 0.0566. The average Bonchev–Trinajstić information content (AvgIpc) is 3.11. The second kappa shape index (κ2) is 7.97. The van der Waals surface area contributed by atoms with Crippen molar-refractivity contribution in [1.29, 1.82) is 0 Å². The lowest BCUT2D eigenvalue weighted by molar-refractivity contribution is 0.657. The molecule has 0 spiro atoms. The molecule has 30 heavy (non-hydrogen) atoms. The first-order chi connectivity index (χ1) is 14.7. The molecule has 1 atom stereocenters. The molecule has 0 fully saturated rings. The summed E-state index contributed by atoms with van der Waals surface area (Å²) in [6, 6.07) is 27.5. The fourth-order valence-corrected chi connectivity index (χ4v) is 4.75. The maximum absolute atomic E-state index is 13.5. The molecule has 0 N–H and O–H groups in total. The van der Waals surface area contributed by atoms with Crippen molar-refractivity contribution in [2.24, 2.45) is 10.2 Å². The number of halogens is 1. The third kappa shape index (κ3) is 3.49. The Bertz CT molecular complexity index is 1410. The first-order valence-corrected chi connectivity index (χ1v) is 11.1. The Morgan fingerprint density at radius 3 is 2.23 bits per heavy atom. The molecular formula is C24H16BrN3OS. The third-order valence-electron chi connectivity index (χ3n) is 4.95. The van der Waals surface area contributed by atoms with Crippen molar-refractivity contribution in [2.75, 3.05) is 0 Å². The third-order valence-corrected chi connectivity index (χ3v) is 6.45. The number of aromatic nitrogens is 1. The van der Waals surface area contributed by atoms with Crippen molar-refractivity contribution >= 4 is 39.1 Å². The summed E-state index contributed by atoms with van der Waals surface area (Å²) < 4.78 is 3.41. The van der Waals surface area contributed by atoms with Gasteiger partial charge in [0.1, 0.15) is 6.04 Å². The van der Waals surface area contributed by atoms with E-state index in [0.29, 0.717) is 9.33 Å². The van der Waals surface area contributed by atoms with Crippen LogP contribution in [0.15, 0.2) is 104 Å². The fraction of sp³-hybridized carbons (Fsp3) is 0.0417. The zero-order valence-corrected chi connectivity index (χ0v) is 18.2. The number of thiazole rings is 1. The molecule has 5 rings (SSSR count). The van der Waals surface area contributed by atoms with E-state index in [1.807, 2.05) is 91.0 Å². The van der Waals surface area contributed by atoms with Gasteiger partial charge >= 0.3 is 0 Å². The zero-order chi connectivity index (χ0) is 20.5. The monoisotopic (exact) mass is 473 g/mol. The van der Waals surface area contributed by atoms with E-state index in [1.165, 1.54) is 11.3 Å². The first-order valence-electron chi connectivity index (χ1n) is 9.45. The largest absolute Gasteiger partial charge is 0.271 e. The van der Waals surface area contributed by atoms with Crippen LogP contribution in [0.3, 0.4) is 0 Å². The second-order valence-corrected chi connectivity index (χ2v) is 8.81. The molecule has 4 nitrogen and oxygen atoms in total. The number of fused-ring (bicyclic) bond motifs is 1. The molecule has 146 valence electrons. The van der Waals surface area contributed by atoms with Gasteiger partial charge < -0.3 is 0 Å². The summed E-state index contributed by atoms with van der Waals surface area (Å²) in [5, 5.41) is 8.95. The van der Waals surface area contributed by atoms with Crippen LogP contribution >= 0.6 is 27.3 Å². The molecule has 1 aromatic heterocycles. The van der Waals surface area contributed by atoms with E-state index >= 15 is 0 Å². The van der Waals surface area contributed by atoms with Crippen LogP contribution in [0.4, 0.5) is 0 Å². The normalized spacial score (nSPS) is 16.0. The molecule has 4 aromatic rings. The number of benzene rings is 3. The van der Waals surface area contributed by atoms with Crippen LogP contribution in [0.1, 0.15) is 22.7 Å². The van der Waals surface area contributed by atoms with Crippen molar-refractivity contribution in [2.45, 2.75) is 6.04 Å². The van der Waals surface area contributed by atoms with Crippen molar-refractivity contribution in [3.63, 3.8) is 0 Å². The van der Waals surface area contributed by atoms with E-state index in [4.69, 9.17) is 0 Å². The van der Waals surface area contributed by atoms with Crippen LogP contribution < -0.4 is 14.9 Å². The van der Waals surface area contributed by atoms with Gasteiger partial charge in [0.05, 0.1) is 10.2 Å². The second-order valence-electron chi connectivity index (χ2n) is 6.88. The molecule has 0 unspecified atom stereocenters. The minimum Gasteiger partial charge on any atom is -0.268 e. The highest BCUT2D eigenvalue weighted by atomic mass is 79.9. The van der Waals surface area contributed by atoms with Crippen LogP contribution in [-0.4, -0.2) is 10.3 Å². The van der Waals surface area contributed by atoms with E-state index in [0.717, 1.165) is 26.9 Å². The Morgan fingerprint density at radius 2 is 1.53 bits per heavy atom. The quantitative estimate of drug-likeness (QED) is 0.441. The van der Waals surface area contributed by atoms with E-state index in [1.54, 1.807) is 4.57 Å². The molecule has 0 amide bonds. The summed E-state index contributed by atoms with van der Waals surface area (Å²) in [6.45, 7) is 0. The van der Waals surface area contributed by atoms with Gasteiger partial charge in [-0.05, 0) is 29.3 Å². The Morgan fingerprint density at radius 1 is 0.867 bits per heavy atom. The number of hydrogen-bond acceptors (Lipinski definition) is 4. The van der Waals surface area contributed by atoms with Crippen molar-refractivity contribution in [3.8, 4) is 0 Å². The Hall–Kier alpha value is -3.09. The van der Waals surface area contributed by atoms with E-state index in [-0.39, 0.29) is 11.6 Å². The smallest absolute Gasteiger partial charge is 0.268 e. The molecule has 1 aliphatic heterocycles. The predicted octanol–water partition coefficient (Wildman–Crippen LogP) is 4.13. The zero-order valence-electron chi connectivity index (χ0n) is 15.8. The molecule has 0 aliphatic carbocycles. The van der Waals surface area contributed by atoms with Gasteiger partial charge in [-0.15, -0.1) is 10.2 Å². The topological polar surface area (TPSA) is 46.7 Å². The number of hydrogen-bond donors (Lipinski definition) is 0. The average molecular weight is 474 g/mol. The molecule has 6 heteroatoms. The number of rotatable bonds is 3. The lowest BCUT2D eigenvalue weighted by atomic mass is 9.96. The number of nitrogens with zero attached hydrogens (tertiary/aromatic N) is 3. The van der Waals surface area contributed by atoms with Crippen LogP contribution in [0.5, 0.6) is 0 Å². The molecule has 0 bridgehead atoms. The van der Waals surface area contributed by atoms with Crippen molar-refractivity contribution in [1.82, 2.24) is 4.57 Å². The van der Waals surface area contributed by atoms with Gasteiger partial charge in [0.2, 0.25) is 4.80 Å². The van der Waals surface area contributed by atoms with E-state index < -0.39 is 0 Å². The summed E-state index contributed by atoms with van der Waals surface area (Å²) in [4.78, 5) is 14.1. The standard InChI is InChI=1S/C24H16BrN3OS/c25-19-13-11-16(12-14-19)15-20-23(29)28-22(18-9-5-2-6-10-18)21(26-27-24(28)30-20)17-7-3-1-4-8-17/h1-15,22H/b20-15+/t22-/m0/s1. The molecule has 0 radical (unpaired) electrons. The fourth-order valence-electron chi connectivity index (χ4n) is 3.54. The van der Waals surface area contributed by atoms with E-state index in [2.05, 4.69) is 26.1 Å². The van der Waals surface area contributed by atoms with Crippen LogP contribution in [0, 0.1) is 0 Å². The van der Waals surface area contributed by atoms with E-state index in [9.17, 15) is 4.79 Å². The van der Waals surface area contributed by atoms with Crippen molar-refractivity contribution in [3.05, 3.63) is 126 Å². The lowest BCUT2D eigenvalue weighted by Crippen LogP contribution is -2.40. The maximum atomic E-state index is 13.5. The summed E-state index contributed by atoms with van der Waals surface area (Å²) in [5.41, 5.74) is 3.64. The molecule has 1 aliphatic rings. The molecule has 0 saturated heterocycles. The molecule has 0 saturated carbocycles. The highest BCUT2D eigenvalue weighted by molar-refractivity contribution is 9.10. The summed E-state index contributed by atoms with van der Waals surface area (Å²) in [7, 11) is 0. The van der Waals surface area contributed by atoms with Crippen molar-refractivity contribution < 1.29 is 0 Å². The van der Waals surface area contributed by atoms with Gasteiger partial charge in [0.15, 0.2) is 0 Å². The Balaban J connectivity index is 1.72. The summed E-state index contributed by atoms with van der Waals surface area (Å²) in [6.07, 6.45) is 1.91. The Kier molecular flexibility index (Phi) is 5.02. The van der Waals surface area contributed by atoms with Gasteiger partial charge in [-0.1, -0.05) is 100 Å². The first kappa shape index (κ1) is 18.9. The molecule has 3 aromatic carbocycles. The van der Waals surface area contributed by atoms with Gasteiger partial charge in [0.25, 0.3) is 5.56 Å². The van der Waals surface area contributed by atoms with Crippen LogP contribution in [0.2, 0.25) is 0 Å². The van der Waals surface area contributed by atoms with Crippen LogP contribution in [-0.2, 0) is 0 Å². The lowest BCUT2D eigenvalue weighted by Gasteiger charge is -2.22. The van der Waals surface area contributed by atoms with Crippen LogP contribution in [0.25, 0.3) is 6.08 Å². The highest BCUT2D eigenvalue weighted by Gasteiger charge is 2.28. The molecule has 2 heterocycles. The molecular weight excluding hydrogens is 458 g/mol. The predicted molar refractivity (Wildman–Crippen MR) is 125 cm³/mol. The summed E-state index contributed by atoms with van der Waals surface area (Å²) >= 11 is 4.81. The summed E-state index contributed by atoms with van der Waals surface area (Å²) in [5.74, 6) is 0. The van der Waals surface area contributed by atoms with Gasteiger partial charge in [-0.25, -0.2) is 0 Å². The Labute approximate surface area is 185 Å². The minimum atomic E-state index is -0.322. The SMILES string of the molecule is O=c1/c(=C\c2ccc(Br)cc2)sc2n1[C@@H](c1ccccc1)C(c1ccccc1)=NN=2. The van der Waals surface area contributed by atoms with Gasteiger partial charge in [-0.2, -0.15) is 0 Å². The van der Waals surface area contributed by atoms with Gasteiger partial charge in [-0.3, -0.25) is 9.36 Å². The highest BCUT2D eigenvalue weighted by Crippen LogP contribution is 2.24.